The first-order valence-electron chi connectivity index (χ1n) is 8.93. The molecule has 154 valence electrons. The molecule has 1 N–H and O–H groups in total. The fraction of sp³-hybridized carbons (Fsp3) is 0.136. The predicted octanol–water partition coefficient (Wildman–Crippen LogP) is 4.41. The zero-order chi connectivity index (χ0) is 21.5. The number of rotatable bonds is 7. The number of ether oxygens (including phenoxy) is 2. The van der Waals surface area contributed by atoms with Crippen LogP contribution < -0.4 is 14.8 Å². The van der Waals surface area contributed by atoms with Gasteiger partial charge in [0.2, 0.25) is 0 Å². The number of hydrogen-bond donors (Lipinski definition) is 1. The summed E-state index contributed by atoms with van der Waals surface area (Å²) in [6.07, 6.45) is 1.64. The number of aromatic nitrogens is 1. The number of benzene rings is 2. The lowest BCUT2D eigenvalue weighted by atomic mass is 10.1. The van der Waals surface area contributed by atoms with Gasteiger partial charge < -0.3 is 19.6 Å². The molecule has 2 aromatic carbocycles. The zero-order valence-corrected chi connectivity index (χ0v) is 17.4. The van der Waals surface area contributed by atoms with Gasteiger partial charge in [-0.15, -0.1) is 0 Å². The highest BCUT2D eigenvalue weighted by Gasteiger charge is 2.18. The van der Waals surface area contributed by atoms with Crippen LogP contribution in [0.5, 0.6) is 11.5 Å². The number of amides is 1. The number of anilines is 1. The Labute approximate surface area is 179 Å². The fourth-order valence-corrected chi connectivity index (χ4v) is 2.95. The molecule has 1 aromatic heterocycles. The molecule has 7 nitrogen and oxygen atoms in total. The van der Waals surface area contributed by atoms with Gasteiger partial charge in [-0.25, -0.2) is 0 Å². The first kappa shape index (κ1) is 21.1. The van der Waals surface area contributed by atoms with Crippen LogP contribution >= 0.6 is 11.6 Å². The van der Waals surface area contributed by atoms with Crippen molar-refractivity contribution in [2.24, 2.45) is 5.16 Å². The summed E-state index contributed by atoms with van der Waals surface area (Å²) in [5.74, 6) is 0.703. The molecule has 0 fully saturated rings. The van der Waals surface area contributed by atoms with Crippen molar-refractivity contribution in [2.75, 3.05) is 26.6 Å². The molecule has 0 unspecified atom stereocenters. The Bertz CT molecular complexity index is 1070. The smallest absolute Gasteiger partial charge is 0.278 e. The maximum absolute atomic E-state index is 13.0. The van der Waals surface area contributed by atoms with E-state index in [4.69, 9.17) is 25.9 Å². The Morgan fingerprint density at radius 2 is 1.73 bits per heavy atom. The van der Waals surface area contributed by atoms with Crippen molar-refractivity contribution in [3.8, 4) is 22.8 Å². The highest BCUT2D eigenvalue weighted by Crippen LogP contribution is 2.34. The molecule has 3 aromatic rings. The van der Waals surface area contributed by atoms with E-state index in [0.717, 1.165) is 5.56 Å². The van der Waals surface area contributed by atoms with Crippen molar-refractivity contribution in [1.29, 1.82) is 0 Å². The monoisotopic (exact) mass is 425 g/mol. The number of carbonyl (C=O) groups excluding carboxylic acids is 1. The molecule has 0 saturated carbocycles. The second-order valence-corrected chi connectivity index (χ2v) is 6.49. The topological polar surface area (TPSA) is 82.0 Å². The normalized spacial score (nSPS) is 11.0. The molecule has 8 heteroatoms. The van der Waals surface area contributed by atoms with E-state index in [0.29, 0.717) is 33.5 Å². The molecule has 0 aliphatic carbocycles. The number of halogens is 1. The minimum Gasteiger partial charge on any atom is -0.493 e. The van der Waals surface area contributed by atoms with Gasteiger partial charge in [0, 0.05) is 22.3 Å². The first-order chi connectivity index (χ1) is 14.6. The lowest BCUT2D eigenvalue weighted by molar-refractivity contribution is -0.110. The molecule has 0 aliphatic heterocycles. The van der Waals surface area contributed by atoms with Gasteiger partial charge in [0.25, 0.3) is 5.91 Å². The summed E-state index contributed by atoms with van der Waals surface area (Å²) in [7, 11) is 4.50. The van der Waals surface area contributed by atoms with Crippen LogP contribution in [0.3, 0.4) is 0 Å². The van der Waals surface area contributed by atoms with Crippen molar-refractivity contribution in [1.82, 2.24) is 4.98 Å². The van der Waals surface area contributed by atoms with Crippen LogP contribution in [0.1, 0.15) is 5.56 Å². The van der Waals surface area contributed by atoms with E-state index >= 15 is 0 Å². The van der Waals surface area contributed by atoms with Gasteiger partial charge in [-0.3, -0.25) is 9.78 Å². The van der Waals surface area contributed by atoms with Crippen molar-refractivity contribution in [3.05, 3.63) is 71.4 Å². The third-order valence-corrected chi connectivity index (χ3v) is 4.48. The molecular formula is C22H20ClN3O4. The Balaban J connectivity index is 1.95. The number of nitrogens with zero attached hydrogens (tertiary/aromatic N) is 2. The van der Waals surface area contributed by atoms with E-state index in [1.54, 1.807) is 68.9 Å². The van der Waals surface area contributed by atoms with Gasteiger partial charge in [-0.2, -0.15) is 0 Å². The van der Waals surface area contributed by atoms with Crippen LogP contribution in [0, 0.1) is 0 Å². The third-order valence-electron chi connectivity index (χ3n) is 4.23. The van der Waals surface area contributed by atoms with Crippen molar-refractivity contribution in [3.63, 3.8) is 0 Å². The highest BCUT2D eigenvalue weighted by molar-refractivity contribution is 6.49. The van der Waals surface area contributed by atoms with Crippen LogP contribution in [0.15, 0.2) is 65.9 Å². The number of carbonyl (C=O) groups is 1. The second-order valence-electron chi connectivity index (χ2n) is 6.05. The largest absolute Gasteiger partial charge is 0.493 e. The summed E-state index contributed by atoms with van der Waals surface area (Å²) >= 11 is 5.94. The van der Waals surface area contributed by atoms with Crippen LogP contribution in [-0.2, 0) is 9.63 Å². The quantitative estimate of drug-likeness (QED) is 0.448. The molecule has 1 heterocycles. The van der Waals surface area contributed by atoms with Crippen molar-refractivity contribution in [2.45, 2.75) is 0 Å². The fourth-order valence-electron chi connectivity index (χ4n) is 2.83. The minimum absolute atomic E-state index is 0.108. The van der Waals surface area contributed by atoms with Gasteiger partial charge in [-0.05, 0) is 42.5 Å². The first-order valence-corrected chi connectivity index (χ1v) is 9.31. The molecule has 0 bridgehead atoms. The Kier molecular flexibility index (Phi) is 6.87. The molecule has 1 amide bonds. The average Bonchev–Trinajstić information content (AvgIpc) is 2.78. The molecule has 0 radical (unpaired) electrons. The van der Waals surface area contributed by atoms with Gasteiger partial charge in [0.1, 0.15) is 7.11 Å². The maximum Gasteiger partial charge on any atom is 0.278 e. The summed E-state index contributed by atoms with van der Waals surface area (Å²) in [5, 5.41) is 7.29. The molecule has 0 spiro atoms. The van der Waals surface area contributed by atoms with Gasteiger partial charge >= 0.3 is 0 Å². The van der Waals surface area contributed by atoms with Gasteiger partial charge in [-0.1, -0.05) is 28.9 Å². The van der Waals surface area contributed by atoms with Gasteiger partial charge in [0.05, 0.1) is 25.6 Å². The number of hydrogen-bond acceptors (Lipinski definition) is 6. The predicted molar refractivity (Wildman–Crippen MR) is 116 cm³/mol. The highest BCUT2D eigenvalue weighted by atomic mass is 35.5. The van der Waals surface area contributed by atoms with Crippen molar-refractivity contribution >= 4 is 28.9 Å². The SMILES string of the molecule is CON=C(C(=O)Nc1cccnc1-c1ccc(OC)c(OC)c1)c1ccc(Cl)cc1. The lowest BCUT2D eigenvalue weighted by Crippen LogP contribution is -2.24. The minimum atomic E-state index is -0.450. The van der Waals surface area contributed by atoms with Crippen molar-refractivity contribution < 1.29 is 19.1 Å². The Morgan fingerprint density at radius 3 is 2.40 bits per heavy atom. The van der Waals surface area contributed by atoms with E-state index in [2.05, 4.69) is 15.5 Å². The number of methoxy groups -OCH3 is 2. The summed E-state index contributed by atoms with van der Waals surface area (Å²) in [6, 6.07) is 15.6. The Morgan fingerprint density at radius 1 is 1.00 bits per heavy atom. The molecule has 0 atom stereocenters. The van der Waals surface area contributed by atoms with Crippen LogP contribution in [0.25, 0.3) is 11.3 Å². The van der Waals surface area contributed by atoms with Crippen LogP contribution in [0.2, 0.25) is 5.02 Å². The lowest BCUT2D eigenvalue weighted by Gasteiger charge is -2.13. The molecule has 0 saturated heterocycles. The second kappa shape index (κ2) is 9.76. The molecular weight excluding hydrogens is 406 g/mol. The van der Waals surface area contributed by atoms with Crippen LogP contribution in [-0.4, -0.2) is 37.9 Å². The summed E-state index contributed by atoms with van der Waals surface area (Å²) < 4.78 is 10.7. The summed E-state index contributed by atoms with van der Waals surface area (Å²) in [5.41, 5.74) is 2.50. The van der Waals surface area contributed by atoms with E-state index in [-0.39, 0.29) is 5.71 Å². The summed E-state index contributed by atoms with van der Waals surface area (Å²) in [6.45, 7) is 0. The van der Waals surface area contributed by atoms with Crippen LogP contribution in [0.4, 0.5) is 5.69 Å². The van der Waals surface area contributed by atoms with E-state index in [9.17, 15) is 4.79 Å². The third kappa shape index (κ3) is 4.69. The molecule has 3 rings (SSSR count). The van der Waals surface area contributed by atoms with Gasteiger partial charge in [0.15, 0.2) is 17.2 Å². The molecule has 30 heavy (non-hydrogen) atoms. The number of nitrogens with one attached hydrogen (secondary N) is 1. The number of oxime groups is 1. The average molecular weight is 426 g/mol. The maximum atomic E-state index is 13.0. The zero-order valence-electron chi connectivity index (χ0n) is 16.7. The number of pyridine rings is 1. The van der Waals surface area contributed by atoms with E-state index < -0.39 is 5.91 Å². The standard InChI is InChI=1S/C22H20ClN3O4/c1-28-18-11-8-15(13-19(18)29-2)20-17(5-4-12-24-20)25-22(27)21(26-30-3)14-6-9-16(23)10-7-14/h4-13H,1-3H3,(H,25,27). The van der Waals surface area contributed by atoms with E-state index in [1.165, 1.54) is 7.11 Å². The van der Waals surface area contributed by atoms with E-state index in [1.807, 2.05) is 6.07 Å². The Hall–Kier alpha value is -3.58. The summed E-state index contributed by atoms with van der Waals surface area (Å²) in [4.78, 5) is 22.3. The molecule has 0 aliphatic rings.